The lowest BCUT2D eigenvalue weighted by Gasteiger charge is -2.25. The van der Waals surface area contributed by atoms with Crippen molar-refractivity contribution in [1.82, 2.24) is 5.43 Å². The number of hydrogen-bond acceptors (Lipinski definition) is 2. The summed E-state index contributed by atoms with van der Waals surface area (Å²) in [5, 5.41) is 4.60. The molecule has 1 aromatic carbocycles. The topological polar surface area (TPSA) is 24.4 Å². The molecule has 0 fully saturated rings. The second-order valence-electron chi connectivity index (χ2n) is 6.44. The zero-order valence-electron chi connectivity index (χ0n) is 11.8. The van der Waals surface area contributed by atoms with Gasteiger partial charge in [0.25, 0.3) is 0 Å². The zero-order valence-corrected chi connectivity index (χ0v) is 11.8. The zero-order chi connectivity index (χ0) is 13.1. The first-order valence-corrected chi connectivity index (χ1v) is 6.11. The summed E-state index contributed by atoms with van der Waals surface area (Å²) in [5.41, 5.74) is 5.50. The van der Waals surface area contributed by atoms with Crippen LogP contribution in [0.5, 0.6) is 0 Å². The minimum Gasteiger partial charge on any atom is -0.305 e. The van der Waals surface area contributed by atoms with Crippen LogP contribution in [0.4, 0.5) is 0 Å². The number of hydrogen-bond donors (Lipinski definition) is 1. The fourth-order valence-electron chi connectivity index (χ4n) is 1.48. The van der Waals surface area contributed by atoms with E-state index < -0.39 is 0 Å². The van der Waals surface area contributed by atoms with Gasteiger partial charge < -0.3 is 5.43 Å². The van der Waals surface area contributed by atoms with Crippen LogP contribution >= 0.6 is 0 Å². The highest BCUT2D eigenvalue weighted by Crippen LogP contribution is 2.21. The summed E-state index contributed by atoms with van der Waals surface area (Å²) in [6.07, 6.45) is 0. The van der Waals surface area contributed by atoms with Crippen LogP contribution in [0, 0.1) is 5.41 Å². The Morgan fingerprint density at radius 3 is 1.88 bits per heavy atom. The molecule has 0 bridgehead atoms. The van der Waals surface area contributed by atoms with Gasteiger partial charge in [0, 0.05) is 11.0 Å². The lowest BCUT2D eigenvalue weighted by atomic mass is 9.86. The Morgan fingerprint density at radius 1 is 0.941 bits per heavy atom. The molecule has 0 aliphatic carbocycles. The van der Waals surface area contributed by atoms with Gasteiger partial charge in [-0.3, -0.25) is 0 Å². The molecule has 0 spiro atoms. The Labute approximate surface area is 105 Å². The summed E-state index contributed by atoms with van der Waals surface area (Å²) in [7, 11) is 0. The van der Waals surface area contributed by atoms with Crippen molar-refractivity contribution in [3.05, 3.63) is 35.9 Å². The SMILES string of the molecule is CC(C)(C)N/N=C(\c1ccccc1)C(C)(C)C. The van der Waals surface area contributed by atoms with Gasteiger partial charge in [0.15, 0.2) is 0 Å². The van der Waals surface area contributed by atoms with Gasteiger partial charge in [-0.25, -0.2) is 0 Å². The van der Waals surface area contributed by atoms with Crippen molar-refractivity contribution in [2.24, 2.45) is 10.5 Å². The van der Waals surface area contributed by atoms with Gasteiger partial charge in [0.05, 0.1) is 5.71 Å². The summed E-state index contributed by atoms with van der Waals surface area (Å²) in [6, 6.07) is 10.3. The molecule has 0 aliphatic heterocycles. The number of nitrogens with one attached hydrogen (secondary N) is 1. The quantitative estimate of drug-likeness (QED) is 0.608. The molecule has 1 rings (SSSR count). The molecule has 94 valence electrons. The van der Waals surface area contributed by atoms with Crippen molar-refractivity contribution in [1.29, 1.82) is 0 Å². The van der Waals surface area contributed by atoms with E-state index >= 15 is 0 Å². The molecule has 0 amide bonds. The van der Waals surface area contributed by atoms with Gasteiger partial charge in [0.2, 0.25) is 0 Å². The second kappa shape index (κ2) is 4.91. The Hall–Kier alpha value is -1.31. The predicted octanol–water partition coefficient (Wildman–Crippen LogP) is 3.82. The first kappa shape index (κ1) is 13.8. The fraction of sp³-hybridized carbons (Fsp3) is 0.533. The second-order valence-corrected chi connectivity index (χ2v) is 6.44. The van der Waals surface area contributed by atoms with E-state index in [1.807, 2.05) is 18.2 Å². The van der Waals surface area contributed by atoms with Gasteiger partial charge in [-0.05, 0) is 26.3 Å². The lowest BCUT2D eigenvalue weighted by Crippen LogP contribution is -2.34. The minimum atomic E-state index is -0.00865. The summed E-state index contributed by atoms with van der Waals surface area (Å²) in [5.74, 6) is 0. The van der Waals surface area contributed by atoms with Crippen LogP contribution in [0.1, 0.15) is 47.1 Å². The third kappa shape index (κ3) is 4.59. The smallest absolute Gasteiger partial charge is 0.0728 e. The Bertz CT molecular complexity index is 378. The van der Waals surface area contributed by atoms with Crippen LogP contribution in [0.3, 0.4) is 0 Å². The summed E-state index contributed by atoms with van der Waals surface area (Å²) < 4.78 is 0. The maximum atomic E-state index is 4.60. The molecule has 2 heteroatoms. The molecule has 1 aromatic rings. The van der Waals surface area contributed by atoms with Crippen molar-refractivity contribution >= 4 is 5.71 Å². The maximum Gasteiger partial charge on any atom is 0.0728 e. The minimum absolute atomic E-state index is 0.00865. The molecule has 0 aromatic heterocycles. The number of rotatable bonds is 2. The normalized spacial score (nSPS) is 13.6. The number of benzene rings is 1. The molecule has 1 N–H and O–H groups in total. The van der Waals surface area contributed by atoms with Crippen molar-refractivity contribution in [2.75, 3.05) is 0 Å². The van der Waals surface area contributed by atoms with Crippen LogP contribution in [-0.2, 0) is 0 Å². The van der Waals surface area contributed by atoms with E-state index in [2.05, 4.69) is 64.2 Å². The maximum absolute atomic E-state index is 4.60. The molecule has 0 atom stereocenters. The average molecular weight is 232 g/mol. The number of nitrogens with zero attached hydrogens (tertiary/aromatic N) is 1. The number of hydrazone groups is 1. The van der Waals surface area contributed by atoms with E-state index in [9.17, 15) is 0 Å². The first-order chi connectivity index (χ1) is 7.70. The molecule has 0 aliphatic rings. The summed E-state index contributed by atoms with van der Waals surface area (Å²) in [4.78, 5) is 0. The van der Waals surface area contributed by atoms with Crippen LogP contribution < -0.4 is 5.43 Å². The van der Waals surface area contributed by atoms with Crippen LogP contribution in [-0.4, -0.2) is 11.3 Å². The molecule has 17 heavy (non-hydrogen) atoms. The molecule has 0 radical (unpaired) electrons. The standard InChI is InChI=1S/C15H24N2/c1-14(2,3)13(16-17-15(4,5)6)12-10-8-7-9-11-12/h7-11,17H,1-6H3/b16-13+. The third-order valence-corrected chi connectivity index (χ3v) is 2.26. The molecule has 2 nitrogen and oxygen atoms in total. The largest absolute Gasteiger partial charge is 0.305 e. The third-order valence-electron chi connectivity index (χ3n) is 2.26. The molecule has 0 heterocycles. The van der Waals surface area contributed by atoms with Crippen molar-refractivity contribution < 1.29 is 0 Å². The average Bonchev–Trinajstić information content (AvgIpc) is 2.15. The van der Waals surface area contributed by atoms with Crippen LogP contribution in [0.25, 0.3) is 0 Å². The molecule has 0 unspecified atom stereocenters. The molecule has 0 saturated carbocycles. The highest BCUT2D eigenvalue weighted by atomic mass is 15.3. The van der Waals surface area contributed by atoms with E-state index in [0.29, 0.717) is 0 Å². The van der Waals surface area contributed by atoms with Crippen LogP contribution in [0.15, 0.2) is 35.4 Å². The van der Waals surface area contributed by atoms with Crippen molar-refractivity contribution in [2.45, 2.75) is 47.1 Å². The van der Waals surface area contributed by atoms with E-state index in [1.54, 1.807) is 0 Å². The Morgan fingerprint density at radius 2 is 1.47 bits per heavy atom. The molecule has 0 saturated heterocycles. The van der Waals surface area contributed by atoms with E-state index in [0.717, 1.165) is 5.71 Å². The Balaban J connectivity index is 3.07. The van der Waals surface area contributed by atoms with Gasteiger partial charge in [0.1, 0.15) is 0 Å². The monoisotopic (exact) mass is 232 g/mol. The summed E-state index contributed by atoms with van der Waals surface area (Å²) >= 11 is 0. The van der Waals surface area contributed by atoms with Gasteiger partial charge in [-0.15, -0.1) is 0 Å². The first-order valence-electron chi connectivity index (χ1n) is 6.11. The molecular weight excluding hydrogens is 208 g/mol. The summed E-state index contributed by atoms with van der Waals surface area (Å²) in [6.45, 7) is 12.9. The van der Waals surface area contributed by atoms with E-state index in [4.69, 9.17) is 0 Å². The lowest BCUT2D eigenvalue weighted by molar-refractivity contribution is 0.435. The van der Waals surface area contributed by atoms with Crippen LogP contribution in [0.2, 0.25) is 0 Å². The fourth-order valence-corrected chi connectivity index (χ4v) is 1.48. The Kier molecular flexibility index (Phi) is 3.97. The predicted molar refractivity (Wildman–Crippen MR) is 75.3 cm³/mol. The van der Waals surface area contributed by atoms with Gasteiger partial charge in [-0.1, -0.05) is 51.1 Å². The van der Waals surface area contributed by atoms with E-state index in [1.165, 1.54) is 5.56 Å². The van der Waals surface area contributed by atoms with Gasteiger partial charge >= 0.3 is 0 Å². The van der Waals surface area contributed by atoms with Gasteiger partial charge in [-0.2, -0.15) is 5.10 Å². The van der Waals surface area contributed by atoms with E-state index in [-0.39, 0.29) is 11.0 Å². The highest BCUT2D eigenvalue weighted by molar-refractivity contribution is 6.03. The molecular formula is C15H24N2. The van der Waals surface area contributed by atoms with Crippen molar-refractivity contribution in [3.8, 4) is 0 Å². The highest BCUT2D eigenvalue weighted by Gasteiger charge is 2.21. The van der Waals surface area contributed by atoms with Crippen molar-refractivity contribution in [3.63, 3.8) is 0 Å².